The van der Waals surface area contributed by atoms with Crippen LogP contribution in [0.25, 0.3) is 0 Å². The summed E-state index contributed by atoms with van der Waals surface area (Å²) in [5.41, 5.74) is 13.0. The third-order valence-corrected chi connectivity index (χ3v) is 5.85. The van der Waals surface area contributed by atoms with Gasteiger partial charge in [0.2, 0.25) is 17.7 Å². The van der Waals surface area contributed by atoms with Gasteiger partial charge in [-0.3, -0.25) is 14.4 Å². The molecule has 0 bridgehead atoms. The molecule has 2 aromatic rings. The van der Waals surface area contributed by atoms with E-state index in [1.165, 1.54) is 30.1 Å². The highest BCUT2D eigenvalue weighted by Gasteiger charge is 2.39. The maximum absolute atomic E-state index is 13.3. The Balaban J connectivity index is 2.19. The van der Waals surface area contributed by atoms with Gasteiger partial charge in [-0.05, 0) is 53.6 Å². The number of likely N-dealkylation sites (N-methyl/N-ethyl adjacent to an activating group) is 1. The van der Waals surface area contributed by atoms with Gasteiger partial charge in [0.1, 0.15) is 23.7 Å². The number of halogens is 1. The Hall–Kier alpha value is -3.46. The van der Waals surface area contributed by atoms with Crippen LogP contribution < -0.4 is 16.8 Å². The van der Waals surface area contributed by atoms with Crippen LogP contribution in [-0.4, -0.2) is 52.9 Å². The Morgan fingerprint density at radius 1 is 1.06 bits per heavy atom. The normalized spacial score (nSPS) is 14.0. The highest BCUT2D eigenvalue weighted by atomic mass is 19.1. The third kappa shape index (κ3) is 7.51. The van der Waals surface area contributed by atoms with Crippen LogP contribution in [0.4, 0.5) is 4.39 Å². The number of primary amides is 1. The third-order valence-electron chi connectivity index (χ3n) is 5.85. The molecular formula is C26H35FN4O4. The highest BCUT2D eigenvalue weighted by molar-refractivity contribution is 5.93. The van der Waals surface area contributed by atoms with Gasteiger partial charge < -0.3 is 26.8 Å². The number of aromatic hydroxyl groups is 1. The van der Waals surface area contributed by atoms with Gasteiger partial charge >= 0.3 is 0 Å². The molecule has 0 aliphatic heterocycles. The van der Waals surface area contributed by atoms with E-state index in [0.29, 0.717) is 16.7 Å². The van der Waals surface area contributed by atoms with Crippen molar-refractivity contribution in [1.29, 1.82) is 0 Å². The van der Waals surface area contributed by atoms with E-state index >= 15 is 0 Å². The number of hydrogen-bond acceptors (Lipinski definition) is 5. The Morgan fingerprint density at radius 3 is 2.14 bits per heavy atom. The molecule has 190 valence electrons. The molecule has 0 unspecified atom stereocenters. The minimum absolute atomic E-state index is 0.123. The summed E-state index contributed by atoms with van der Waals surface area (Å²) in [7, 11) is 1.49. The summed E-state index contributed by atoms with van der Waals surface area (Å²) < 4.78 is 13.2. The Labute approximate surface area is 205 Å². The Morgan fingerprint density at radius 2 is 1.63 bits per heavy atom. The fourth-order valence-corrected chi connectivity index (χ4v) is 4.05. The molecule has 9 heteroatoms. The highest BCUT2D eigenvalue weighted by Crippen LogP contribution is 2.25. The van der Waals surface area contributed by atoms with Gasteiger partial charge in [-0.1, -0.05) is 45.0 Å². The van der Waals surface area contributed by atoms with Gasteiger partial charge in [-0.2, -0.15) is 0 Å². The molecular weight excluding hydrogens is 451 g/mol. The van der Waals surface area contributed by atoms with Gasteiger partial charge in [0, 0.05) is 13.5 Å². The lowest BCUT2D eigenvalue weighted by Crippen LogP contribution is -2.60. The molecule has 35 heavy (non-hydrogen) atoms. The second kappa shape index (κ2) is 11.3. The molecule has 6 N–H and O–H groups in total. The summed E-state index contributed by atoms with van der Waals surface area (Å²) in [6.07, 6.45) is 0.298. The number of nitrogens with one attached hydrogen (secondary N) is 1. The lowest BCUT2D eigenvalue weighted by molar-refractivity contribution is -0.144. The van der Waals surface area contributed by atoms with Crippen molar-refractivity contribution in [1.82, 2.24) is 10.2 Å². The smallest absolute Gasteiger partial charge is 0.243 e. The number of rotatable bonds is 9. The largest absolute Gasteiger partial charge is 0.508 e. The molecule has 3 amide bonds. The predicted molar refractivity (Wildman–Crippen MR) is 132 cm³/mol. The quantitative estimate of drug-likeness (QED) is 0.428. The van der Waals surface area contributed by atoms with Crippen molar-refractivity contribution in [3.05, 3.63) is 65.0 Å². The zero-order valence-corrected chi connectivity index (χ0v) is 20.8. The van der Waals surface area contributed by atoms with Crippen molar-refractivity contribution in [2.24, 2.45) is 16.9 Å². The summed E-state index contributed by atoms with van der Waals surface area (Å²) >= 11 is 0. The van der Waals surface area contributed by atoms with Gasteiger partial charge in [-0.15, -0.1) is 0 Å². The molecule has 0 saturated carbocycles. The maximum Gasteiger partial charge on any atom is 0.243 e. The first-order valence-electron chi connectivity index (χ1n) is 11.4. The van der Waals surface area contributed by atoms with Crippen molar-refractivity contribution in [2.75, 3.05) is 7.05 Å². The number of nitrogens with zero attached hydrogens (tertiary/aromatic N) is 1. The molecule has 0 aliphatic rings. The molecule has 3 atom stereocenters. The first kappa shape index (κ1) is 27.8. The lowest BCUT2D eigenvalue weighted by atomic mass is 9.84. The van der Waals surface area contributed by atoms with Crippen LogP contribution in [-0.2, 0) is 27.2 Å². The summed E-state index contributed by atoms with van der Waals surface area (Å²) in [5, 5.41) is 12.4. The van der Waals surface area contributed by atoms with E-state index in [4.69, 9.17) is 11.5 Å². The second-order valence-corrected chi connectivity index (χ2v) is 9.94. The Bertz CT molecular complexity index is 1070. The number of hydrogen-bond donors (Lipinski definition) is 4. The fraction of sp³-hybridized carbons (Fsp3) is 0.423. The first-order chi connectivity index (χ1) is 16.2. The summed E-state index contributed by atoms with van der Waals surface area (Å²) in [4.78, 5) is 39.9. The minimum Gasteiger partial charge on any atom is -0.508 e. The molecule has 0 aromatic heterocycles. The summed E-state index contributed by atoms with van der Waals surface area (Å²) in [6.45, 7) is 7.13. The lowest BCUT2D eigenvalue weighted by Gasteiger charge is -2.38. The van der Waals surface area contributed by atoms with E-state index in [2.05, 4.69) is 5.32 Å². The topological polar surface area (TPSA) is 139 Å². The van der Waals surface area contributed by atoms with Crippen molar-refractivity contribution < 1.29 is 23.9 Å². The fourth-order valence-electron chi connectivity index (χ4n) is 4.05. The molecule has 0 aliphatic carbocycles. The number of carbonyl (C=O) groups excluding carboxylic acids is 3. The monoisotopic (exact) mass is 486 g/mol. The van der Waals surface area contributed by atoms with Gasteiger partial charge in [0.15, 0.2) is 0 Å². The molecule has 0 radical (unpaired) electrons. The number of nitrogens with two attached hydrogens (primary N) is 2. The number of phenols is 1. The zero-order chi connectivity index (χ0) is 26.5. The van der Waals surface area contributed by atoms with E-state index in [-0.39, 0.29) is 24.4 Å². The molecule has 2 aromatic carbocycles. The number of aryl methyl sites for hydroxylation is 1. The van der Waals surface area contributed by atoms with Crippen molar-refractivity contribution in [2.45, 2.75) is 58.7 Å². The van der Waals surface area contributed by atoms with Crippen LogP contribution in [0.3, 0.4) is 0 Å². The van der Waals surface area contributed by atoms with Crippen LogP contribution in [0, 0.1) is 18.2 Å². The number of amides is 3. The van der Waals surface area contributed by atoms with Crippen molar-refractivity contribution in [3.63, 3.8) is 0 Å². The molecule has 0 fully saturated rings. The second-order valence-electron chi connectivity index (χ2n) is 9.94. The first-order valence-corrected chi connectivity index (χ1v) is 11.4. The van der Waals surface area contributed by atoms with Crippen LogP contribution in [0.15, 0.2) is 42.5 Å². The van der Waals surface area contributed by atoms with Crippen LogP contribution in [0.1, 0.15) is 37.5 Å². The van der Waals surface area contributed by atoms with Gasteiger partial charge in [-0.25, -0.2) is 4.39 Å². The molecule has 2 rings (SSSR count). The minimum atomic E-state index is -1.02. The van der Waals surface area contributed by atoms with E-state index in [0.717, 1.165) is 0 Å². The summed E-state index contributed by atoms with van der Waals surface area (Å²) in [5.74, 6) is -1.99. The standard InChI is InChI=1S/C26H35FN4O4/c1-15-12-17(8-11-21(15)32)14-20(23(29)33)30-24(34)22(26(2,3)4)31(5)25(35)19(28)13-16-6-9-18(27)10-7-16/h6-12,19-20,22,32H,13-14,28H2,1-5H3,(H2,29,33)(H,30,34)/t19-,20-,22+/m0/s1. The van der Waals surface area contributed by atoms with E-state index < -0.39 is 41.3 Å². The van der Waals surface area contributed by atoms with E-state index in [1.807, 2.05) is 0 Å². The molecule has 0 heterocycles. The predicted octanol–water partition coefficient (Wildman–Crippen LogP) is 1.80. The van der Waals surface area contributed by atoms with Gasteiger partial charge in [0.05, 0.1) is 6.04 Å². The number of phenolic OH excluding ortho intramolecular Hbond substituents is 1. The molecule has 8 nitrogen and oxygen atoms in total. The van der Waals surface area contributed by atoms with Crippen LogP contribution in [0.5, 0.6) is 5.75 Å². The van der Waals surface area contributed by atoms with Crippen molar-refractivity contribution >= 4 is 17.7 Å². The molecule has 0 spiro atoms. The average Bonchev–Trinajstić information content (AvgIpc) is 2.75. The van der Waals surface area contributed by atoms with Crippen LogP contribution >= 0.6 is 0 Å². The number of benzene rings is 2. The summed E-state index contributed by atoms with van der Waals surface area (Å²) in [6, 6.07) is 7.65. The average molecular weight is 487 g/mol. The van der Waals surface area contributed by atoms with E-state index in [1.54, 1.807) is 52.0 Å². The van der Waals surface area contributed by atoms with Gasteiger partial charge in [0.25, 0.3) is 0 Å². The van der Waals surface area contributed by atoms with E-state index in [9.17, 15) is 23.9 Å². The maximum atomic E-state index is 13.3. The van der Waals surface area contributed by atoms with Crippen molar-refractivity contribution in [3.8, 4) is 5.75 Å². The number of carbonyl (C=O) groups is 3. The molecule has 0 saturated heterocycles. The van der Waals surface area contributed by atoms with Crippen LogP contribution in [0.2, 0.25) is 0 Å². The SMILES string of the molecule is Cc1cc(C[C@H](NC(=O)[C@@H](N(C)C(=O)[C@@H](N)Cc2ccc(F)cc2)C(C)(C)C)C(N)=O)ccc1O. The Kier molecular flexibility index (Phi) is 8.98. The zero-order valence-electron chi connectivity index (χ0n) is 20.8.